The molecule has 30 heavy (non-hydrogen) atoms. The van der Waals surface area contributed by atoms with Gasteiger partial charge >= 0.3 is 0 Å². The number of hydrogen-bond donors (Lipinski definition) is 1. The highest BCUT2D eigenvalue weighted by atomic mass is 16.6. The molecule has 3 rings (SSSR count). The number of morpholine rings is 1. The summed E-state index contributed by atoms with van der Waals surface area (Å²) in [5.74, 6) is -0.346. The predicted octanol–water partition coefficient (Wildman–Crippen LogP) is 2.23. The molecule has 2 aromatic carbocycles. The van der Waals surface area contributed by atoms with Crippen LogP contribution in [0.3, 0.4) is 0 Å². The van der Waals surface area contributed by atoms with Crippen molar-refractivity contribution in [1.82, 2.24) is 10.2 Å². The van der Waals surface area contributed by atoms with E-state index in [4.69, 9.17) is 9.47 Å². The van der Waals surface area contributed by atoms with Crippen molar-refractivity contribution in [3.05, 3.63) is 75.5 Å². The Kier molecular flexibility index (Phi) is 6.76. The SMILES string of the molecule is COc1ccccc1C=C(NC(=O)c1ccc([N+](=O)[O-])cc1)C(=O)N1CCOCC1. The molecule has 1 fully saturated rings. The first kappa shape index (κ1) is 21.0. The summed E-state index contributed by atoms with van der Waals surface area (Å²) in [5.41, 5.74) is 0.771. The van der Waals surface area contributed by atoms with Crippen LogP contribution < -0.4 is 10.1 Å². The second-order valence-corrected chi connectivity index (χ2v) is 6.46. The van der Waals surface area contributed by atoms with E-state index in [1.165, 1.54) is 31.4 Å². The quantitative estimate of drug-likeness (QED) is 0.443. The molecule has 9 nitrogen and oxygen atoms in total. The molecule has 1 aliphatic rings. The standard InChI is InChI=1S/C21H21N3O6/c1-29-19-5-3-2-4-16(19)14-18(21(26)23-10-12-30-13-11-23)22-20(25)15-6-8-17(9-7-15)24(27)28/h2-9,14H,10-13H2,1H3,(H,22,25). The zero-order chi connectivity index (χ0) is 21.5. The van der Waals surface area contributed by atoms with Crippen molar-refractivity contribution in [1.29, 1.82) is 0 Å². The second kappa shape index (κ2) is 9.66. The zero-order valence-corrected chi connectivity index (χ0v) is 16.4. The summed E-state index contributed by atoms with van der Waals surface area (Å²) in [7, 11) is 1.52. The van der Waals surface area contributed by atoms with E-state index < -0.39 is 10.8 Å². The Hall–Kier alpha value is -3.72. The molecule has 0 spiro atoms. The average molecular weight is 411 g/mol. The molecule has 2 aromatic rings. The van der Waals surface area contributed by atoms with Gasteiger partial charge in [-0.15, -0.1) is 0 Å². The van der Waals surface area contributed by atoms with Crippen molar-refractivity contribution in [3.63, 3.8) is 0 Å². The molecule has 0 unspecified atom stereocenters. The second-order valence-electron chi connectivity index (χ2n) is 6.46. The zero-order valence-electron chi connectivity index (χ0n) is 16.4. The highest BCUT2D eigenvalue weighted by molar-refractivity contribution is 6.05. The van der Waals surface area contributed by atoms with Gasteiger partial charge in [0.05, 0.1) is 25.2 Å². The first-order valence-electron chi connectivity index (χ1n) is 9.27. The summed E-state index contributed by atoms with van der Waals surface area (Å²) in [6.07, 6.45) is 1.56. The molecule has 0 bridgehead atoms. The van der Waals surface area contributed by atoms with Crippen LogP contribution in [-0.2, 0) is 9.53 Å². The number of nitro groups is 1. The lowest BCUT2D eigenvalue weighted by molar-refractivity contribution is -0.384. The summed E-state index contributed by atoms with van der Waals surface area (Å²) in [4.78, 5) is 37.7. The molecule has 0 aliphatic carbocycles. The van der Waals surface area contributed by atoms with Gasteiger partial charge in [-0.05, 0) is 24.3 Å². The van der Waals surface area contributed by atoms with Crippen molar-refractivity contribution >= 4 is 23.6 Å². The molecule has 0 aromatic heterocycles. The maximum Gasteiger partial charge on any atom is 0.270 e. The fraction of sp³-hybridized carbons (Fsp3) is 0.238. The monoisotopic (exact) mass is 411 g/mol. The fourth-order valence-corrected chi connectivity index (χ4v) is 2.96. The lowest BCUT2D eigenvalue weighted by atomic mass is 10.1. The van der Waals surface area contributed by atoms with Crippen molar-refractivity contribution < 1.29 is 24.0 Å². The summed E-state index contributed by atoms with van der Waals surface area (Å²) in [6, 6.07) is 12.3. The molecule has 156 valence electrons. The van der Waals surface area contributed by atoms with E-state index in [-0.39, 0.29) is 22.9 Å². The van der Waals surface area contributed by atoms with Crippen LogP contribution >= 0.6 is 0 Å². The third-order valence-corrected chi connectivity index (χ3v) is 4.56. The number of benzene rings is 2. The number of nitro benzene ring substituents is 1. The fourth-order valence-electron chi connectivity index (χ4n) is 2.96. The van der Waals surface area contributed by atoms with E-state index in [0.29, 0.717) is 37.6 Å². The number of non-ortho nitro benzene ring substituents is 1. The van der Waals surface area contributed by atoms with Crippen molar-refractivity contribution in [2.75, 3.05) is 33.4 Å². The van der Waals surface area contributed by atoms with E-state index in [1.807, 2.05) is 0 Å². The minimum absolute atomic E-state index is 0.0738. The maximum atomic E-state index is 13.1. The smallest absolute Gasteiger partial charge is 0.270 e. The van der Waals surface area contributed by atoms with E-state index in [9.17, 15) is 19.7 Å². The van der Waals surface area contributed by atoms with Crippen LogP contribution in [-0.4, -0.2) is 55.1 Å². The molecule has 0 atom stereocenters. The Balaban J connectivity index is 1.90. The topological polar surface area (TPSA) is 111 Å². The number of nitrogens with one attached hydrogen (secondary N) is 1. The van der Waals surface area contributed by atoms with Gasteiger partial charge in [-0.1, -0.05) is 18.2 Å². The molecule has 1 heterocycles. The van der Waals surface area contributed by atoms with Crippen LogP contribution in [0.15, 0.2) is 54.2 Å². The third-order valence-electron chi connectivity index (χ3n) is 4.56. The van der Waals surface area contributed by atoms with Crippen LogP contribution in [0.2, 0.25) is 0 Å². The number of nitrogens with zero attached hydrogens (tertiary/aromatic N) is 2. The highest BCUT2D eigenvalue weighted by Gasteiger charge is 2.23. The number of carbonyl (C=O) groups excluding carboxylic acids is 2. The molecule has 0 saturated carbocycles. The van der Waals surface area contributed by atoms with Gasteiger partial charge in [0, 0.05) is 36.3 Å². The number of hydrogen-bond acceptors (Lipinski definition) is 6. The van der Waals surface area contributed by atoms with Crippen molar-refractivity contribution in [3.8, 4) is 5.75 Å². The maximum absolute atomic E-state index is 13.1. The van der Waals surface area contributed by atoms with Gasteiger partial charge < -0.3 is 19.7 Å². The summed E-state index contributed by atoms with van der Waals surface area (Å²) in [5, 5.41) is 13.5. The lowest BCUT2D eigenvalue weighted by Crippen LogP contribution is -2.44. The first-order valence-corrected chi connectivity index (χ1v) is 9.27. The van der Waals surface area contributed by atoms with Gasteiger partial charge in [-0.2, -0.15) is 0 Å². The minimum atomic E-state index is -0.548. The van der Waals surface area contributed by atoms with Gasteiger partial charge in [0.15, 0.2) is 0 Å². The Morgan fingerprint density at radius 1 is 1.13 bits per heavy atom. The van der Waals surface area contributed by atoms with Gasteiger partial charge in [-0.3, -0.25) is 19.7 Å². The Labute approximate surface area is 173 Å². The van der Waals surface area contributed by atoms with E-state index in [1.54, 1.807) is 35.2 Å². The van der Waals surface area contributed by atoms with Crippen LogP contribution in [0.25, 0.3) is 6.08 Å². The molecule has 2 amide bonds. The molecule has 9 heteroatoms. The number of rotatable bonds is 6. The van der Waals surface area contributed by atoms with E-state index in [2.05, 4.69) is 5.32 Å². The number of ether oxygens (including phenoxy) is 2. The van der Waals surface area contributed by atoms with E-state index >= 15 is 0 Å². The Morgan fingerprint density at radius 2 is 1.80 bits per heavy atom. The number of methoxy groups -OCH3 is 1. The molecule has 1 N–H and O–H groups in total. The number of amides is 2. The van der Waals surface area contributed by atoms with Crippen molar-refractivity contribution in [2.24, 2.45) is 0 Å². The first-order chi connectivity index (χ1) is 14.5. The summed E-state index contributed by atoms with van der Waals surface area (Å²) in [6.45, 7) is 1.67. The van der Waals surface area contributed by atoms with Crippen LogP contribution in [0.5, 0.6) is 5.75 Å². The van der Waals surface area contributed by atoms with Crippen LogP contribution in [0, 0.1) is 10.1 Å². The normalized spacial score (nSPS) is 14.2. The van der Waals surface area contributed by atoms with Crippen LogP contribution in [0.4, 0.5) is 5.69 Å². The predicted molar refractivity (Wildman–Crippen MR) is 109 cm³/mol. The van der Waals surface area contributed by atoms with Crippen LogP contribution in [0.1, 0.15) is 15.9 Å². The summed E-state index contributed by atoms with van der Waals surface area (Å²) >= 11 is 0. The molecule has 0 radical (unpaired) electrons. The Morgan fingerprint density at radius 3 is 2.43 bits per heavy atom. The highest BCUT2D eigenvalue weighted by Crippen LogP contribution is 2.21. The molecule has 1 saturated heterocycles. The van der Waals surface area contributed by atoms with Crippen molar-refractivity contribution in [2.45, 2.75) is 0 Å². The lowest BCUT2D eigenvalue weighted by Gasteiger charge is -2.28. The summed E-state index contributed by atoms with van der Waals surface area (Å²) < 4.78 is 10.6. The Bertz CT molecular complexity index is 965. The van der Waals surface area contributed by atoms with E-state index in [0.717, 1.165) is 0 Å². The van der Waals surface area contributed by atoms with Gasteiger partial charge in [0.2, 0.25) is 0 Å². The largest absolute Gasteiger partial charge is 0.496 e. The minimum Gasteiger partial charge on any atom is -0.496 e. The number of carbonyl (C=O) groups is 2. The van der Waals surface area contributed by atoms with Gasteiger partial charge in [0.1, 0.15) is 11.4 Å². The molecular formula is C21H21N3O6. The molecule has 1 aliphatic heterocycles. The van der Waals surface area contributed by atoms with Gasteiger partial charge in [0.25, 0.3) is 17.5 Å². The number of para-hydroxylation sites is 1. The molecular weight excluding hydrogens is 390 g/mol. The third kappa shape index (κ3) is 5.00. The average Bonchev–Trinajstić information content (AvgIpc) is 2.79. The van der Waals surface area contributed by atoms with Gasteiger partial charge in [-0.25, -0.2) is 0 Å².